The van der Waals surface area contributed by atoms with Crippen molar-refractivity contribution in [3.05, 3.63) is 51.1 Å². The van der Waals surface area contributed by atoms with E-state index >= 15 is 0 Å². The number of aromatic nitrogens is 2. The SMILES string of the molecule is C[C@H](Sc1nc2sc3c(c2c(=O)n1-c1ccccc1)CCC3)C(=O)[O-]. The molecule has 2 heterocycles. The molecule has 0 N–H and O–H groups in total. The maximum atomic E-state index is 13.3. The highest BCUT2D eigenvalue weighted by Gasteiger charge is 2.24. The predicted molar refractivity (Wildman–Crippen MR) is 97.6 cm³/mol. The van der Waals surface area contributed by atoms with Crippen molar-refractivity contribution in [3.8, 4) is 5.69 Å². The van der Waals surface area contributed by atoms with Crippen LogP contribution in [0.5, 0.6) is 0 Å². The number of rotatable bonds is 4. The zero-order valence-corrected chi connectivity index (χ0v) is 15.2. The molecule has 7 heteroatoms. The highest BCUT2D eigenvalue weighted by molar-refractivity contribution is 8.00. The zero-order chi connectivity index (χ0) is 17.6. The van der Waals surface area contributed by atoms with Gasteiger partial charge in [-0.1, -0.05) is 30.0 Å². The second-order valence-electron chi connectivity index (χ2n) is 5.99. The fourth-order valence-corrected chi connectivity index (χ4v) is 5.27. The van der Waals surface area contributed by atoms with E-state index in [1.165, 1.54) is 9.44 Å². The van der Waals surface area contributed by atoms with Crippen LogP contribution in [0.3, 0.4) is 0 Å². The van der Waals surface area contributed by atoms with Crippen LogP contribution in [0.2, 0.25) is 0 Å². The molecule has 3 aromatic rings. The largest absolute Gasteiger partial charge is 0.549 e. The van der Waals surface area contributed by atoms with E-state index in [2.05, 4.69) is 4.98 Å². The summed E-state index contributed by atoms with van der Waals surface area (Å²) in [5, 5.41) is 11.4. The second-order valence-corrected chi connectivity index (χ2v) is 8.38. The summed E-state index contributed by atoms with van der Waals surface area (Å²) in [4.78, 5) is 31.0. The van der Waals surface area contributed by atoms with Gasteiger partial charge in [-0.2, -0.15) is 0 Å². The number of carboxylic acid groups (broad SMARTS) is 1. The van der Waals surface area contributed by atoms with Gasteiger partial charge in [0, 0.05) is 10.1 Å². The minimum atomic E-state index is -1.17. The van der Waals surface area contributed by atoms with Crippen molar-refractivity contribution >= 4 is 39.3 Å². The molecule has 5 nitrogen and oxygen atoms in total. The van der Waals surface area contributed by atoms with E-state index in [4.69, 9.17) is 0 Å². The standard InChI is InChI=1S/C18H16N2O3S2/c1-10(17(22)23)24-18-19-15-14(12-8-5-9-13(12)25-15)16(21)20(18)11-6-3-2-4-7-11/h2-4,6-7,10H,5,8-9H2,1H3,(H,22,23)/p-1/t10-/m0/s1. The first kappa shape index (κ1) is 16.4. The van der Waals surface area contributed by atoms with Crippen LogP contribution in [0, 0.1) is 0 Å². The number of thiophene rings is 1. The molecule has 1 aliphatic carbocycles. The number of hydrogen-bond donors (Lipinski definition) is 0. The Balaban J connectivity index is 1.99. The van der Waals surface area contributed by atoms with Gasteiger partial charge in [0.15, 0.2) is 5.16 Å². The van der Waals surface area contributed by atoms with Crippen LogP contribution in [-0.2, 0) is 17.6 Å². The van der Waals surface area contributed by atoms with Crippen LogP contribution in [-0.4, -0.2) is 20.8 Å². The van der Waals surface area contributed by atoms with Crippen molar-refractivity contribution in [2.24, 2.45) is 0 Å². The van der Waals surface area contributed by atoms with Crippen LogP contribution in [0.15, 0.2) is 40.3 Å². The molecule has 2 aromatic heterocycles. The first-order valence-electron chi connectivity index (χ1n) is 8.06. The third-order valence-electron chi connectivity index (χ3n) is 4.34. The summed E-state index contributed by atoms with van der Waals surface area (Å²) in [5.41, 5.74) is 1.68. The van der Waals surface area contributed by atoms with E-state index in [-0.39, 0.29) is 5.56 Å². The molecule has 0 aliphatic heterocycles. The minimum absolute atomic E-state index is 0.122. The monoisotopic (exact) mass is 371 g/mol. The average molecular weight is 371 g/mol. The molecule has 1 aliphatic rings. The van der Waals surface area contributed by atoms with Crippen LogP contribution < -0.4 is 10.7 Å². The Kier molecular flexibility index (Phi) is 4.13. The van der Waals surface area contributed by atoms with Gasteiger partial charge in [-0.15, -0.1) is 11.3 Å². The van der Waals surface area contributed by atoms with E-state index in [9.17, 15) is 14.7 Å². The fraction of sp³-hybridized carbons (Fsp3) is 0.278. The zero-order valence-electron chi connectivity index (χ0n) is 13.5. The molecule has 1 atom stereocenters. The van der Waals surface area contributed by atoms with Gasteiger partial charge in [0.2, 0.25) is 0 Å². The maximum Gasteiger partial charge on any atom is 0.267 e. The number of nitrogens with zero attached hydrogens (tertiary/aromatic N) is 2. The van der Waals surface area contributed by atoms with Crippen molar-refractivity contribution in [2.75, 3.05) is 0 Å². The minimum Gasteiger partial charge on any atom is -0.549 e. The summed E-state index contributed by atoms with van der Waals surface area (Å²) in [6.07, 6.45) is 2.96. The first-order valence-corrected chi connectivity index (χ1v) is 9.76. The van der Waals surface area contributed by atoms with E-state index in [1.54, 1.807) is 18.3 Å². The van der Waals surface area contributed by atoms with Crippen LogP contribution in [0.1, 0.15) is 23.8 Å². The van der Waals surface area contributed by atoms with Gasteiger partial charge in [-0.05, 0) is 43.9 Å². The summed E-state index contributed by atoms with van der Waals surface area (Å²) in [6.45, 7) is 1.54. The highest BCUT2D eigenvalue weighted by Crippen LogP contribution is 2.36. The van der Waals surface area contributed by atoms with Crippen LogP contribution >= 0.6 is 23.1 Å². The summed E-state index contributed by atoms with van der Waals surface area (Å²) in [7, 11) is 0. The predicted octanol–water partition coefficient (Wildman–Crippen LogP) is 2.17. The lowest BCUT2D eigenvalue weighted by atomic mass is 10.2. The fourth-order valence-electron chi connectivity index (χ4n) is 3.11. The normalized spacial score (nSPS) is 14.6. The van der Waals surface area contributed by atoms with Crippen molar-refractivity contribution in [3.63, 3.8) is 0 Å². The molecule has 0 saturated heterocycles. The molecule has 25 heavy (non-hydrogen) atoms. The van der Waals surface area contributed by atoms with Crippen molar-refractivity contribution in [2.45, 2.75) is 36.6 Å². The number of aryl methyl sites for hydroxylation is 2. The van der Waals surface area contributed by atoms with Gasteiger partial charge in [-0.3, -0.25) is 9.36 Å². The average Bonchev–Trinajstić information content (AvgIpc) is 3.16. The number of para-hydroxylation sites is 1. The number of fused-ring (bicyclic) bond motifs is 3. The molecule has 0 saturated carbocycles. The number of carboxylic acids is 1. The number of carbonyl (C=O) groups excluding carboxylic acids is 1. The molecular weight excluding hydrogens is 356 g/mol. The number of aliphatic carboxylic acids is 1. The van der Waals surface area contributed by atoms with Gasteiger partial charge in [0.05, 0.1) is 17.0 Å². The summed E-state index contributed by atoms with van der Waals surface area (Å²) < 4.78 is 1.53. The second kappa shape index (κ2) is 6.31. The lowest BCUT2D eigenvalue weighted by molar-refractivity contribution is -0.304. The van der Waals surface area contributed by atoms with Crippen LogP contribution in [0.25, 0.3) is 15.9 Å². The summed E-state index contributed by atoms with van der Waals surface area (Å²) in [6, 6.07) is 9.23. The summed E-state index contributed by atoms with van der Waals surface area (Å²) >= 11 is 2.59. The first-order chi connectivity index (χ1) is 12.1. The van der Waals surface area contributed by atoms with Gasteiger partial charge in [0.25, 0.3) is 5.56 Å². The lowest BCUT2D eigenvalue weighted by Crippen LogP contribution is -2.32. The topological polar surface area (TPSA) is 75.0 Å². The molecule has 0 radical (unpaired) electrons. The molecular formula is C18H15N2O3S2-. The van der Waals surface area contributed by atoms with E-state index < -0.39 is 11.2 Å². The smallest absolute Gasteiger partial charge is 0.267 e. The quantitative estimate of drug-likeness (QED) is 0.519. The molecule has 0 amide bonds. The molecule has 128 valence electrons. The molecule has 1 aromatic carbocycles. The Morgan fingerprint density at radius 2 is 2.08 bits per heavy atom. The van der Waals surface area contributed by atoms with E-state index in [0.29, 0.717) is 21.1 Å². The van der Waals surface area contributed by atoms with Gasteiger partial charge in [-0.25, -0.2) is 4.98 Å². The van der Waals surface area contributed by atoms with Gasteiger partial charge < -0.3 is 9.90 Å². The number of hydrogen-bond acceptors (Lipinski definition) is 6. The van der Waals surface area contributed by atoms with Gasteiger partial charge >= 0.3 is 0 Å². The van der Waals surface area contributed by atoms with E-state index in [1.807, 2.05) is 30.3 Å². The van der Waals surface area contributed by atoms with Crippen molar-refractivity contribution < 1.29 is 9.90 Å². The Hall–Kier alpha value is -2.12. The number of carbonyl (C=O) groups is 1. The number of benzene rings is 1. The molecule has 4 rings (SSSR count). The highest BCUT2D eigenvalue weighted by atomic mass is 32.2. The number of thioether (sulfide) groups is 1. The van der Waals surface area contributed by atoms with Crippen molar-refractivity contribution in [1.82, 2.24) is 9.55 Å². The van der Waals surface area contributed by atoms with E-state index in [0.717, 1.165) is 36.6 Å². The van der Waals surface area contributed by atoms with Crippen molar-refractivity contribution in [1.29, 1.82) is 0 Å². The Bertz CT molecular complexity index is 1020. The maximum absolute atomic E-state index is 13.3. The summed E-state index contributed by atoms with van der Waals surface area (Å²) in [5.74, 6) is -1.17. The third-order valence-corrected chi connectivity index (χ3v) is 6.55. The Morgan fingerprint density at radius 3 is 2.80 bits per heavy atom. The molecule has 0 fully saturated rings. The molecule has 0 bridgehead atoms. The van der Waals surface area contributed by atoms with Crippen LogP contribution in [0.4, 0.5) is 0 Å². The lowest BCUT2D eigenvalue weighted by Gasteiger charge is -2.16. The molecule has 0 unspecified atom stereocenters. The van der Waals surface area contributed by atoms with Gasteiger partial charge in [0.1, 0.15) is 4.83 Å². The Morgan fingerprint density at radius 1 is 1.32 bits per heavy atom. The third kappa shape index (κ3) is 2.77. The Labute approximate surface area is 152 Å². The molecule has 0 spiro atoms.